The van der Waals surface area contributed by atoms with Crippen molar-refractivity contribution >= 4 is 16.5 Å². The maximum Gasteiger partial charge on any atom is 0.185 e. The number of nitrogens with zero attached hydrogens (tertiary/aromatic N) is 2. The zero-order valence-electron chi connectivity index (χ0n) is 9.08. The molecule has 0 saturated carbocycles. The number of anilines is 1. The lowest BCUT2D eigenvalue weighted by molar-refractivity contribution is 0.284. The van der Waals surface area contributed by atoms with E-state index in [1.807, 2.05) is 7.05 Å². The second kappa shape index (κ2) is 5.32. The summed E-state index contributed by atoms with van der Waals surface area (Å²) in [6.07, 6.45) is 2.04. The minimum atomic E-state index is 0.116. The Morgan fingerprint density at radius 1 is 1.43 bits per heavy atom. The molecule has 0 aliphatic heterocycles. The van der Waals surface area contributed by atoms with Gasteiger partial charge in [-0.2, -0.15) is 0 Å². The highest BCUT2D eigenvalue weighted by Crippen LogP contribution is 2.26. The molecule has 1 aromatic heterocycles. The summed E-state index contributed by atoms with van der Waals surface area (Å²) in [5.41, 5.74) is 1.07. The van der Waals surface area contributed by atoms with Crippen LogP contribution in [0.2, 0.25) is 0 Å². The molecule has 0 aliphatic rings. The van der Waals surface area contributed by atoms with Crippen LogP contribution in [0, 0.1) is 0 Å². The number of aryl methyl sites for hydroxylation is 1. The fraction of sp³-hybridized carbons (Fsp3) is 0.700. The Labute approximate surface area is 89.4 Å². The normalized spacial score (nSPS) is 10.6. The van der Waals surface area contributed by atoms with Crippen LogP contribution in [0.1, 0.15) is 30.8 Å². The van der Waals surface area contributed by atoms with Gasteiger partial charge in [0.25, 0.3) is 0 Å². The lowest BCUT2D eigenvalue weighted by Crippen LogP contribution is -2.15. The summed E-state index contributed by atoms with van der Waals surface area (Å²) in [7, 11) is 2.02. The first-order chi connectivity index (χ1) is 6.72. The van der Waals surface area contributed by atoms with Crippen molar-refractivity contribution in [3.8, 4) is 0 Å². The van der Waals surface area contributed by atoms with Crippen molar-refractivity contribution in [3.05, 3.63) is 10.6 Å². The standard InChI is InChI=1S/C10H18N2OS/c1-4-6-8-9(7-13)14-10(11-8)12(3)5-2/h13H,4-7H2,1-3H3. The van der Waals surface area contributed by atoms with Crippen LogP contribution in [0.3, 0.4) is 0 Å². The highest BCUT2D eigenvalue weighted by atomic mass is 32.1. The Hall–Kier alpha value is -0.610. The Kier molecular flexibility index (Phi) is 4.35. The van der Waals surface area contributed by atoms with Crippen LogP contribution in [0.5, 0.6) is 0 Å². The Morgan fingerprint density at radius 3 is 2.64 bits per heavy atom. The van der Waals surface area contributed by atoms with Crippen LogP contribution in [-0.2, 0) is 13.0 Å². The molecule has 0 fully saturated rings. The topological polar surface area (TPSA) is 36.4 Å². The average Bonchev–Trinajstić information content (AvgIpc) is 2.60. The van der Waals surface area contributed by atoms with E-state index < -0.39 is 0 Å². The molecule has 0 saturated heterocycles. The average molecular weight is 214 g/mol. The van der Waals surface area contributed by atoms with Crippen molar-refractivity contribution in [1.29, 1.82) is 0 Å². The molecule has 4 heteroatoms. The molecule has 0 aliphatic carbocycles. The Morgan fingerprint density at radius 2 is 2.14 bits per heavy atom. The first-order valence-electron chi connectivity index (χ1n) is 5.03. The third kappa shape index (κ3) is 2.45. The number of aliphatic hydroxyl groups excluding tert-OH is 1. The summed E-state index contributed by atoms with van der Waals surface area (Å²) in [6, 6.07) is 0. The van der Waals surface area contributed by atoms with E-state index in [0.717, 1.165) is 35.1 Å². The molecule has 0 spiro atoms. The summed E-state index contributed by atoms with van der Waals surface area (Å²) >= 11 is 1.60. The van der Waals surface area contributed by atoms with E-state index in [4.69, 9.17) is 5.11 Å². The molecular weight excluding hydrogens is 196 g/mol. The zero-order valence-corrected chi connectivity index (χ0v) is 9.89. The maximum absolute atomic E-state index is 9.16. The maximum atomic E-state index is 9.16. The van der Waals surface area contributed by atoms with Gasteiger partial charge in [-0.3, -0.25) is 0 Å². The largest absolute Gasteiger partial charge is 0.391 e. The van der Waals surface area contributed by atoms with Gasteiger partial charge < -0.3 is 10.0 Å². The smallest absolute Gasteiger partial charge is 0.185 e. The summed E-state index contributed by atoms with van der Waals surface area (Å²) in [6.45, 7) is 5.29. The molecule has 0 bridgehead atoms. The second-order valence-electron chi connectivity index (χ2n) is 3.29. The number of hydrogen-bond acceptors (Lipinski definition) is 4. The van der Waals surface area contributed by atoms with Crippen LogP contribution in [0.25, 0.3) is 0 Å². The van der Waals surface area contributed by atoms with Gasteiger partial charge in [0, 0.05) is 13.6 Å². The first-order valence-corrected chi connectivity index (χ1v) is 5.85. The summed E-state index contributed by atoms with van der Waals surface area (Å²) in [5, 5.41) is 10.2. The van der Waals surface area contributed by atoms with Crippen molar-refractivity contribution in [2.24, 2.45) is 0 Å². The molecule has 1 aromatic rings. The number of hydrogen-bond donors (Lipinski definition) is 1. The fourth-order valence-electron chi connectivity index (χ4n) is 1.22. The van der Waals surface area contributed by atoms with Crippen molar-refractivity contribution in [1.82, 2.24) is 4.98 Å². The molecule has 0 amide bonds. The van der Waals surface area contributed by atoms with Crippen molar-refractivity contribution in [3.63, 3.8) is 0 Å². The zero-order chi connectivity index (χ0) is 10.6. The van der Waals surface area contributed by atoms with Crippen LogP contribution in [-0.4, -0.2) is 23.7 Å². The van der Waals surface area contributed by atoms with Crippen LogP contribution in [0.4, 0.5) is 5.13 Å². The van der Waals surface area contributed by atoms with E-state index in [9.17, 15) is 0 Å². The predicted molar refractivity (Wildman–Crippen MR) is 61.0 cm³/mol. The van der Waals surface area contributed by atoms with E-state index in [-0.39, 0.29) is 6.61 Å². The molecule has 3 nitrogen and oxygen atoms in total. The van der Waals surface area contributed by atoms with Crippen molar-refractivity contribution in [2.45, 2.75) is 33.3 Å². The van der Waals surface area contributed by atoms with Gasteiger partial charge in [-0.05, 0) is 13.3 Å². The number of aliphatic hydroxyl groups is 1. The van der Waals surface area contributed by atoms with Gasteiger partial charge >= 0.3 is 0 Å². The minimum absolute atomic E-state index is 0.116. The van der Waals surface area contributed by atoms with E-state index in [1.54, 1.807) is 11.3 Å². The molecular formula is C10H18N2OS. The van der Waals surface area contributed by atoms with Gasteiger partial charge in [-0.25, -0.2) is 4.98 Å². The molecule has 0 atom stereocenters. The Balaban J connectivity index is 2.88. The van der Waals surface area contributed by atoms with Gasteiger partial charge in [-0.15, -0.1) is 0 Å². The quantitative estimate of drug-likeness (QED) is 0.815. The highest BCUT2D eigenvalue weighted by molar-refractivity contribution is 7.15. The third-order valence-corrected chi connectivity index (χ3v) is 3.39. The van der Waals surface area contributed by atoms with Gasteiger partial charge in [0.2, 0.25) is 0 Å². The first kappa shape index (κ1) is 11.5. The van der Waals surface area contributed by atoms with Crippen molar-refractivity contribution < 1.29 is 5.11 Å². The molecule has 1 N–H and O–H groups in total. The molecule has 14 heavy (non-hydrogen) atoms. The summed E-state index contributed by atoms with van der Waals surface area (Å²) < 4.78 is 0. The monoisotopic (exact) mass is 214 g/mol. The molecule has 0 unspecified atom stereocenters. The number of aromatic nitrogens is 1. The molecule has 1 heterocycles. The fourth-order valence-corrected chi connectivity index (χ4v) is 2.22. The third-order valence-electron chi connectivity index (χ3n) is 2.20. The summed E-state index contributed by atoms with van der Waals surface area (Å²) in [5.74, 6) is 0. The van der Waals surface area contributed by atoms with E-state index in [1.165, 1.54) is 0 Å². The minimum Gasteiger partial charge on any atom is -0.391 e. The SMILES string of the molecule is CCCc1nc(N(C)CC)sc1CO. The lowest BCUT2D eigenvalue weighted by atomic mass is 10.2. The molecule has 80 valence electrons. The van der Waals surface area contributed by atoms with Crippen LogP contribution < -0.4 is 4.90 Å². The highest BCUT2D eigenvalue weighted by Gasteiger charge is 2.11. The van der Waals surface area contributed by atoms with Gasteiger partial charge in [-0.1, -0.05) is 24.7 Å². The Bertz CT molecular complexity index is 286. The van der Waals surface area contributed by atoms with E-state index in [2.05, 4.69) is 23.7 Å². The lowest BCUT2D eigenvalue weighted by Gasteiger charge is -2.11. The van der Waals surface area contributed by atoms with Crippen LogP contribution >= 0.6 is 11.3 Å². The summed E-state index contributed by atoms with van der Waals surface area (Å²) in [4.78, 5) is 7.64. The second-order valence-corrected chi connectivity index (χ2v) is 4.35. The van der Waals surface area contributed by atoms with E-state index >= 15 is 0 Å². The molecule has 1 rings (SSSR count). The van der Waals surface area contributed by atoms with Gasteiger partial charge in [0.15, 0.2) is 5.13 Å². The predicted octanol–water partition coefficient (Wildman–Crippen LogP) is 2.04. The van der Waals surface area contributed by atoms with E-state index in [0.29, 0.717) is 0 Å². The van der Waals surface area contributed by atoms with Crippen molar-refractivity contribution in [2.75, 3.05) is 18.5 Å². The molecule has 0 radical (unpaired) electrons. The van der Waals surface area contributed by atoms with Gasteiger partial charge in [0.05, 0.1) is 17.2 Å². The number of rotatable bonds is 5. The number of thiazole rings is 1. The van der Waals surface area contributed by atoms with Gasteiger partial charge in [0.1, 0.15) is 0 Å². The van der Waals surface area contributed by atoms with Crippen LogP contribution in [0.15, 0.2) is 0 Å². The molecule has 0 aromatic carbocycles.